The largest absolute Gasteiger partial charge is 0.497 e. The minimum absolute atomic E-state index is 0.0721. The van der Waals surface area contributed by atoms with Crippen molar-refractivity contribution in [3.63, 3.8) is 0 Å². The Morgan fingerprint density at radius 3 is 2.36 bits per heavy atom. The van der Waals surface area contributed by atoms with Crippen LogP contribution in [-0.2, 0) is 11.2 Å². The molecule has 1 unspecified atom stereocenters. The minimum Gasteiger partial charge on any atom is -0.497 e. The number of nitrogens with one attached hydrogen (secondary N) is 2. The molecule has 0 aliphatic carbocycles. The fourth-order valence-electron chi connectivity index (χ4n) is 2.92. The Balaban J connectivity index is 1.63. The third-order valence-electron chi connectivity index (χ3n) is 4.39. The predicted molar refractivity (Wildman–Crippen MR) is 110 cm³/mol. The van der Waals surface area contributed by atoms with Crippen LogP contribution in [0.25, 0.3) is 0 Å². The van der Waals surface area contributed by atoms with Gasteiger partial charge in [0.2, 0.25) is 5.91 Å². The Kier molecular flexibility index (Phi) is 7.17. The van der Waals surface area contributed by atoms with Crippen molar-refractivity contribution in [1.82, 2.24) is 10.6 Å². The highest BCUT2D eigenvalue weighted by atomic mass is 32.1. The number of hydrogen-bond acceptors (Lipinski definition) is 4. The lowest BCUT2D eigenvalue weighted by Crippen LogP contribution is -2.37. The Morgan fingerprint density at radius 1 is 1.07 bits per heavy atom. The summed E-state index contributed by atoms with van der Waals surface area (Å²) in [5, 5.41) is 8.24. The molecule has 0 radical (unpaired) electrons. The molecule has 1 atom stereocenters. The van der Waals surface area contributed by atoms with E-state index in [-0.39, 0.29) is 24.3 Å². The van der Waals surface area contributed by atoms with Crippen LogP contribution in [0.5, 0.6) is 5.75 Å². The van der Waals surface area contributed by atoms with E-state index in [0.717, 1.165) is 23.3 Å². The second-order valence-corrected chi connectivity index (χ2v) is 7.35. The van der Waals surface area contributed by atoms with E-state index in [2.05, 4.69) is 16.7 Å². The Hall–Kier alpha value is -2.70. The molecule has 0 aliphatic rings. The number of amides is 1. The summed E-state index contributed by atoms with van der Waals surface area (Å²) in [7, 11) is 1.62. The molecule has 2 aromatic carbocycles. The molecule has 0 saturated heterocycles. The average Bonchev–Trinajstić information content (AvgIpc) is 3.23. The summed E-state index contributed by atoms with van der Waals surface area (Å²) in [5.41, 5.74) is 1.86. The number of halogens is 1. The van der Waals surface area contributed by atoms with Crippen molar-refractivity contribution in [1.29, 1.82) is 0 Å². The van der Waals surface area contributed by atoms with Gasteiger partial charge in [-0.2, -0.15) is 0 Å². The first-order valence-corrected chi connectivity index (χ1v) is 9.95. The number of carbonyl (C=O) groups excluding carboxylic acids is 1. The molecule has 6 heteroatoms. The molecule has 1 amide bonds. The highest BCUT2D eigenvalue weighted by Gasteiger charge is 2.15. The van der Waals surface area contributed by atoms with E-state index < -0.39 is 0 Å². The number of thiophene rings is 1. The number of benzene rings is 2. The smallest absolute Gasteiger partial charge is 0.233 e. The minimum atomic E-state index is -0.288. The van der Waals surface area contributed by atoms with Crippen LogP contribution in [0, 0.1) is 5.82 Å². The van der Waals surface area contributed by atoms with Gasteiger partial charge in [-0.25, -0.2) is 4.39 Å². The zero-order valence-corrected chi connectivity index (χ0v) is 16.5. The molecule has 4 nitrogen and oxygen atoms in total. The molecular weight excluding hydrogens is 375 g/mol. The number of hydrogen-bond donors (Lipinski definition) is 2. The zero-order chi connectivity index (χ0) is 19.8. The second-order valence-electron chi connectivity index (χ2n) is 6.32. The van der Waals surface area contributed by atoms with Crippen LogP contribution in [-0.4, -0.2) is 26.1 Å². The zero-order valence-electron chi connectivity index (χ0n) is 15.7. The molecule has 2 N–H and O–H groups in total. The van der Waals surface area contributed by atoms with E-state index in [4.69, 9.17) is 4.74 Å². The van der Waals surface area contributed by atoms with Gasteiger partial charge < -0.3 is 10.1 Å². The predicted octanol–water partition coefficient (Wildman–Crippen LogP) is 3.93. The summed E-state index contributed by atoms with van der Waals surface area (Å²) < 4.78 is 18.5. The van der Waals surface area contributed by atoms with E-state index >= 15 is 0 Å². The number of rotatable bonds is 9. The maximum atomic E-state index is 13.3. The average molecular weight is 399 g/mol. The molecule has 0 fully saturated rings. The molecule has 0 aliphatic heterocycles. The van der Waals surface area contributed by atoms with Crippen LogP contribution in [0.4, 0.5) is 4.39 Å². The first kappa shape index (κ1) is 20.0. The Morgan fingerprint density at radius 2 is 1.75 bits per heavy atom. The highest BCUT2D eigenvalue weighted by molar-refractivity contribution is 7.09. The topological polar surface area (TPSA) is 50.4 Å². The van der Waals surface area contributed by atoms with Crippen molar-refractivity contribution in [3.05, 3.63) is 87.9 Å². The molecule has 28 heavy (non-hydrogen) atoms. The van der Waals surface area contributed by atoms with Gasteiger partial charge in [0.1, 0.15) is 11.6 Å². The first-order chi connectivity index (χ1) is 13.7. The normalized spacial score (nSPS) is 11.8. The first-order valence-electron chi connectivity index (χ1n) is 9.07. The van der Waals surface area contributed by atoms with Crippen molar-refractivity contribution < 1.29 is 13.9 Å². The lowest BCUT2D eigenvalue weighted by molar-refractivity contribution is -0.120. The van der Waals surface area contributed by atoms with E-state index in [9.17, 15) is 9.18 Å². The van der Waals surface area contributed by atoms with Gasteiger partial charge in [-0.3, -0.25) is 10.1 Å². The lowest BCUT2D eigenvalue weighted by Gasteiger charge is -2.20. The second kappa shape index (κ2) is 10.0. The van der Waals surface area contributed by atoms with Gasteiger partial charge >= 0.3 is 0 Å². The maximum absolute atomic E-state index is 13.3. The highest BCUT2D eigenvalue weighted by Crippen LogP contribution is 2.24. The molecular formula is C22H23FN2O2S. The fraction of sp³-hybridized carbons (Fsp3) is 0.227. The third-order valence-corrected chi connectivity index (χ3v) is 5.33. The van der Waals surface area contributed by atoms with Crippen LogP contribution in [0.15, 0.2) is 66.0 Å². The van der Waals surface area contributed by atoms with Gasteiger partial charge in [-0.1, -0.05) is 30.3 Å². The molecule has 3 aromatic rings. The van der Waals surface area contributed by atoms with Gasteiger partial charge in [-0.15, -0.1) is 11.3 Å². The summed E-state index contributed by atoms with van der Waals surface area (Å²) >= 11 is 1.68. The summed E-state index contributed by atoms with van der Waals surface area (Å²) in [6, 6.07) is 17.8. The summed E-state index contributed by atoms with van der Waals surface area (Å²) in [5.74, 6) is 0.397. The maximum Gasteiger partial charge on any atom is 0.233 e. The number of carbonyl (C=O) groups is 1. The van der Waals surface area contributed by atoms with Crippen LogP contribution in [0.3, 0.4) is 0 Å². The standard InChI is InChI=1S/C22H23FN2O2S/c1-27-19-10-6-17(7-11-19)22(16-4-8-18(23)9-5-16)25-15-21(26)24-13-12-20-3-2-14-28-20/h2-11,14,22,25H,12-13,15H2,1H3,(H,24,26). The fourth-order valence-corrected chi connectivity index (χ4v) is 3.63. The van der Waals surface area contributed by atoms with Crippen molar-refractivity contribution in [2.75, 3.05) is 20.2 Å². The lowest BCUT2D eigenvalue weighted by atomic mass is 9.98. The Labute approximate surface area is 168 Å². The van der Waals surface area contributed by atoms with Crippen molar-refractivity contribution >= 4 is 17.2 Å². The summed E-state index contributed by atoms with van der Waals surface area (Å²) in [4.78, 5) is 13.5. The summed E-state index contributed by atoms with van der Waals surface area (Å²) in [6.45, 7) is 0.767. The number of ether oxygens (including phenoxy) is 1. The van der Waals surface area contributed by atoms with E-state index in [1.165, 1.54) is 17.0 Å². The van der Waals surface area contributed by atoms with Crippen LogP contribution < -0.4 is 15.4 Å². The number of methoxy groups -OCH3 is 1. The third kappa shape index (κ3) is 5.65. The van der Waals surface area contributed by atoms with E-state index in [0.29, 0.717) is 6.54 Å². The quantitative estimate of drug-likeness (QED) is 0.574. The molecule has 0 spiro atoms. The van der Waals surface area contributed by atoms with Crippen LogP contribution >= 0.6 is 11.3 Å². The molecule has 3 rings (SSSR count). The van der Waals surface area contributed by atoms with E-state index in [1.807, 2.05) is 35.7 Å². The van der Waals surface area contributed by atoms with Crippen LogP contribution in [0.1, 0.15) is 22.0 Å². The van der Waals surface area contributed by atoms with Crippen molar-refractivity contribution in [2.24, 2.45) is 0 Å². The van der Waals surface area contributed by atoms with Gasteiger partial charge in [0.05, 0.1) is 19.7 Å². The van der Waals surface area contributed by atoms with Crippen LogP contribution in [0.2, 0.25) is 0 Å². The SMILES string of the molecule is COc1ccc(C(NCC(=O)NCCc2cccs2)c2ccc(F)cc2)cc1. The monoisotopic (exact) mass is 398 g/mol. The van der Waals surface area contributed by atoms with Crippen molar-refractivity contribution in [2.45, 2.75) is 12.5 Å². The molecule has 0 bridgehead atoms. The summed E-state index contributed by atoms with van der Waals surface area (Å²) in [6.07, 6.45) is 0.823. The molecule has 146 valence electrons. The van der Waals surface area contributed by atoms with E-state index in [1.54, 1.807) is 30.6 Å². The van der Waals surface area contributed by atoms with Gasteiger partial charge in [0.25, 0.3) is 0 Å². The van der Waals surface area contributed by atoms with Gasteiger partial charge in [0.15, 0.2) is 0 Å². The van der Waals surface area contributed by atoms with Crippen molar-refractivity contribution in [3.8, 4) is 5.75 Å². The van der Waals surface area contributed by atoms with Gasteiger partial charge in [0, 0.05) is 11.4 Å². The molecule has 0 saturated carbocycles. The Bertz CT molecular complexity index is 865. The molecule has 1 heterocycles. The molecule has 1 aromatic heterocycles. The van der Waals surface area contributed by atoms with Gasteiger partial charge in [-0.05, 0) is 53.3 Å².